The molecule has 0 unspecified atom stereocenters. The first-order valence-electron chi connectivity index (χ1n) is 9.29. The Bertz CT molecular complexity index is 1030. The fourth-order valence-electron chi connectivity index (χ4n) is 3.30. The molecular weight excluding hydrogens is 356 g/mol. The minimum absolute atomic E-state index is 0.0388. The van der Waals surface area contributed by atoms with Gasteiger partial charge in [-0.05, 0) is 49.4 Å². The minimum Gasteiger partial charge on any atom is -0.469 e. The van der Waals surface area contributed by atoms with Gasteiger partial charge in [0.25, 0.3) is 0 Å². The van der Waals surface area contributed by atoms with Crippen molar-refractivity contribution in [3.8, 4) is 0 Å². The first-order chi connectivity index (χ1) is 13.4. The van der Waals surface area contributed by atoms with Crippen molar-refractivity contribution in [2.75, 3.05) is 30.4 Å². The van der Waals surface area contributed by atoms with Gasteiger partial charge in [0.15, 0.2) is 0 Å². The predicted molar refractivity (Wildman–Crippen MR) is 112 cm³/mol. The molecule has 0 spiro atoms. The number of benzene rings is 2. The van der Waals surface area contributed by atoms with Crippen molar-refractivity contribution in [1.29, 1.82) is 0 Å². The van der Waals surface area contributed by atoms with E-state index in [9.17, 15) is 9.59 Å². The lowest BCUT2D eigenvalue weighted by Crippen LogP contribution is -2.26. The molecule has 0 aliphatic heterocycles. The standard InChI is InChI=1S/C21H26N4O3/c1-5-25(13-12-20(26)28-4)17-9-6-15(7-10-17)22-16-8-11-18-19(14-16)24(3)21(27)23(18)2/h6-11,14,22H,5,12-13H2,1-4H3. The summed E-state index contributed by atoms with van der Waals surface area (Å²) in [7, 11) is 4.96. The van der Waals surface area contributed by atoms with Crippen LogP contribution in [-0.2, 0) is 23.6 Å². The second kappa shape index (κ2) is 8.21. The van der Waals surface area contributed by atoms with E-state index < -0.39 is 0 Å². The molecule has 0 aliphatic carbocycles. The Morgan fingerprint density at radius 2 is 1.68 bits per heavy atom. The third-order valence-corrected chi connectivity index (χ3v) is 4.99. The van der Waals surface area contributed by atoms with Crippen LogP contribution in [0.4, 0.5) is 17.1 Å². The lowest BCUT2D eigenvalue weighted by molar-refractivity contribution is -0.140. The summed E-state index contributed by atoms with van der Waals surface area (Å²) in [6.45, 7) is 3.49. The second-order valence-corrected chi connectivity index (χ2v) is 6.68. The van der Waals surface area contributed by atoms with Crippen LogP contribution < -0.4 is 15.9 Å². The van der Waals surface area contributed by atoms with Crippen LogP contribution in [0.3, 0.4) is 0 Å². The average Bonchev–Trinajstić information content (AvgIpc) is 2.93. The predicted octanol–water partition coefficient (Wildman–Crippen LogP) is 3.01. The fraction of sp³-hybridized carbons (Fsp3) is 0.333. The average molecular weight is 382 g/mol. The normalized spacial score (nSPS) is 10.9. The molecule has 0 atom stereocenters. The molecule has 0 saturated heterocycles. The number of nitrogens with one attached hydrogen (secondary N) is 1. The maximum atomic E-state index is 12.1. The minimum atomic E-state index is -0.206. The Labute approximate surface area is 164 Å². The van der Waals surface area contributed by atoms with E-state index in [1.165, 1.54) is 7.11 Å². The molecule has 0 fully saturated rings. The van der Waals surface area contributed by atoms with Crippen molar-refractivity contribution >= 4 is 34.1 Å². The number of fused-ring (bicyclic) bond motifs is 1. The molecule has 2 aromatic carbocycles. The number of aromatic nitrogens is 2. The highest BCUT2D eigenvalue weighted by molar-refractivity contribution is 5.81. The van der Waals surface area contributed by atoms with Gasteiger partial charge in [-0.2, -0.15) is 0 Å². The van der Waals surface area contributed by atoms with Gasteiger partial charge in [-0.1, -0.05) is 0 Å². The number of esters is 1. The van der Waals surface area contributed by atoms with E-state index in [2.05, 4.69) is 17.1 Å². The van der Waals surface area contributed by atoms with Crippen LogP contribution in [-0.4, -0.2) is 35.3 Å². The molecule has 7 nitrogen and oxygen atoms in total. The number of methoxy groups -OCH3 is 1. The number of rotatable bonds is 7. The molecule has 3 rings (SSSR count). The fourth-order valence-corrected chi connectivity index (χ4v) is 3.30. The zero-order valence-corrected chi connectivity index (χ0v) is 16.7. The summed E-state index contributed by atoms with van der Waals surface area (Å²) >= 11 is 0. The van der Waals surface area contributed by atoms with Gasteiger partial charge in [0.2, 0.25) is 0 Å². The van der Waals surface area contributed by atoms with Crippen LogP contribution in [0.2, 0.25) is 0 Å². The highest BCUT2D eigenvalue weighted by atomic mass is 16.5. The van der Waals surface area contributed by atoms with Crippen LogP contribution >= 0.6 is 0 Å². The van der Waals surface area contributed by atoms with Crippen LogP contribution in [0, 0.1) is 0 Å². The molecular formula is C21H26N4O3. The number of anilines is 3. The van der Waals surface area contributed by atoms with Crippen LogP contribution in [0.15, 0.2) is 47.3 Å². The Balaban J connectivity index is 1.75. The van der Waals surface area contributed by atoms with E-state index in [1.807, 2.05) is 42.5 Å². The second-order valence-electron chi connectivity index (χ2n) is 6.68. The highest BCUT2D eigenvalue weighted by Crippen LogP contribution is 2.24. The quantitative estimate of drug-likeness (QED) is 0.636. The largest absolute Gasteiger partial charge is 0.469 e. The smallest absolute Gasteiger partial charge is 0.328 e. The van der Waals surface area contributed by atoms with E-state index in [0.717, 1.165) is 34.6 Å². The van der Waals surface area contributed by atoms with Crippen LogP contribution in [0.1, 0.15) is 13.3 Å². The van der Waals surface area contributed by atoms with E-state index in [1.54, 1.807) is 23.2 Å². The number of carbonyl (C=O) groups is 1. The number of carbonyl (C=O) groups excluding carboxylic acids is 1. The summed E-state index contributed by atoms with van der Waals surface area (Å²) in [6.07, 6.45) is 0.361. The van der Waals surface area contributed by atoms with E-state index in [4.69, 9.17) is 4.74 Å². The van der Waals surface area contributed by atoms with Crippen LogP contribution in [0.25, 0.3) is 11.0 Å². The maximum Gasteiger partial charge on any atom is 0.328 e. The highest BCUT2D eigenvalue weighted by Gasteiger charge is 2.10. The number of aryl methyl sites for hydroxylation is 2. The van der Waals surface area contributed by atoms with Gasteiger partial charge in [-0.15, -0.1) is 0 Å². The monoisotopic (exact) mass is 382 g/mol. The van der Waals surface area contributed by atoms with Gasteiger partial charge in [0.05, 0.1) is 24.6 Å². The summed E-state index contributed by atoms with van der Waals surface area (Å²) in [5.74, 6) is -0.206. The molecule has 0 radical (unpaired) electrons. The third-order valence-electron chi connectivity index (χ3n) is 4.99. The summed E-state index contributed by atoms with van der Waals surface area (Å²) in [5.41, 5.74) is 4.67. The van der Waals surface area contributed by atoms with Crippen molar-refractivity contribution in [1.82, 2.24) is 9.13 Å². The van der Waals surface area contributed by atoms with Gasteiger partial charge in [0, 0.05) is 44.2 Å². The number of hydrogen-bond acceptors (Lipinski definition) is 5. The van der Waals surface area contributed by atoms with Gasteiger partial charge < -0.3 is 15.0 Å². The van der Waals surface area contributed by atoms with Crippen molar-refractivity contribution in [3.63, 3.8) is 0 Å². The van der Waals surface area contributed by atoms with E-state index >= 15 is 0 Å². The summed E-state index contributed by atoms with van der Waals surface area (Å²) in [6, 6.07) is 13.9. The number of ether oxygens (including phenoxy) is 1. The number of nitrogens with zero attached hydrogens (tertiary/aromatic N) is 3. The SMILES string of the molecule is CCN(CCC(=O)OC)c1ccc(Nc2ccc3c(c2)n(C)c(=O)n3C)cc1. The Hall–Kier alpha value is -3.22. The molecule has 0 bridgehead atoms. The lowest BCUT2D eigenvalue weighted by Gasteiger charge is -2.23. The molecule has 1 aromatic heterocycles. The Kier molecular flexibility index (Phi) is 5.73. The van der Waals surface area contributed by atoms with E-state index in [0.29, 0.717) is 13.0 Å². The van der Waals surface area contributed by atoms with Gasteiger partial charge in [-0.25, -0.2) is 4.79 Å². The zero-order chi connectivity index (χ0) is 20.3. The third kappa shape index (κ3) is 3.88. The van der Waals surface area contributed by atoms with E-state index in [-0.39, 0.29) is 11.7 Å². The summed E-state index contributed by atoms with van der Waals surface area (Å²) in [4.78, 5) is 25.6. The van der Waals surface area contributed by atoms with Gasteiger partial charge in [0.1, 0.15) is 0 Å². The van der Waals surface area contributed by atoms with Crippen LogP contribution in [0.5, 0.6) is 0 Å². The number of imidazole rings is 1. The molecule has 28 heavy (non-hydrogen) atoms. The number of hydrogen-bond donors (Lipinski definition) is 1. The molecule has 1 heterocycles. The zero-order valence-electron chi connectivity index (χ0n) is 16.7. The van der Waals surface area contributed by atoms with Crippen molar-refractivity contribution in [2.45, 2.75) is 13.3 Å². The first-order valence-corrected chi connectivity index (χ1v) is 9.29. The Morgan fingerprint density at radius 1 is 1.04 bits per heavy atom. The summed E-state index contributed by atoms with van der Waals surface area (Å²) in [5, 5.41) is 3.38. The topological polar surface area (TPSA) is 68.5 Å². The Morgan fingerprint density at radius 3 is 2.32 bits per heavy atom. The van der Waals surface area contributed by atoms with Crippen molar-refractivity contribution in [3.05, 3.63) is 52.9 Å². The molecule has 0 amide bonds. The summed E-state index contributed by atoms with van der Waals surface area (Å²) < 4.78 is 8.00. The van der Waals surface area contributed by atoms with Crippen molar-refractivity contribution in [2.24, 2.45) is 14.1 Å². The van der Waals surface area contributed by atoms with Crippen molar-refractivity contribution < 1.29 is 9.53 Å². The molecule has 0 saturated carbocycles. The molecule has 0 aliphatic rings. The molecule has 148 valence electrons. The first kappa shape index (κ1) is 19.5. The molecule has 1 N–H and O–H groups in total. The maximum absolute atomic E-state index is 12.1. The molecule has 7 heteroatoms. The van der Waals surface area contributed by atoms with Gasteiger partial charge >= 0.3 is 11.7 Å². The molecule has 3 aromatic rings. The van der Waals surface area contributed by atoms with Gasteiger partial charge in [-0.3, -0.25) is 13.9 Å². The lowest BCUT2D eigenvalue weighted by atomic mass is 10.2.